The van der Waals surface area contributed by atoms with Crippen molar-refractivity contribution in [1.29, 1.82) is 0 Å². The fourth-order valence-corrected chi connectivity index (χ4v) is 3.78. The molecule has 2 amide bonds. The molecule has 3 aromatic rings. The zero-order valence-corrected chi connectivity index (χ0v) is 18.1. The molecule has 160 valence electrons. The van der Waals surface area contributed by atoms with Gasteiger partial charge in [0.1, 0.15) is 5.75 Å². The predicted molar refractivity (Wildman–Crippen MR) is 119 cm³/mol. The standard InChI is InChI=1S/C22H23N5O3S/c1-27-20(17-8-3-4-9-18(17)30-2)25-26-22(27)31-13-19(28)23-16-7-5-6-14(12-16)21(29)24-15-10-11-15/h3-9,12,15H,10-11,13H2,1-2H3,(H,23,28)(H,24,29). The minimum atomic E-state index is -0.188. The molecule has 1 fully saturated rings. The van der Waals surface area contributed by atoms with Gasteiger partial charge in [0, 0.05) is 24.3 Å². The number of hydrogen-bond acceptors (Lipinski definition) is 6. The second-order valence-corrected chi connectivity index (χ2v) is 8.17. The van der Waals surface area contributed by atoms with Crippen LogP contribution in [0, 0.1) is 0 Å². The Morgan fingerprint density at radius 1 is 1.16 bits per heavy atom. The monoisotopic (exact) mass is 437 g/mol. The molecular weight excluding hydrogens is 414 g/mol. The zero-order chi connectivity index (χ0) is 21.8. The Morgan fingerprint density at radius 3 is 2.74 bits per heavy atom. The number of carbonyl (C=O) groups excluding carboxylic acids is 2. The van der Waals surface area contributed by atoms with Gasteiger partial charge in [-0.1, -0.05) is 30.0 Å². The molecule has 0 aliphatic heterocycles. The van der Waals surface area contributed by atoms with Crippen LogP contribution in [0.25, 0.3) is 11.4 Å². The number of para-hydroxylation sites is 1. The van der Waals surface area contributed by atoms with Crippen LogP contribution >= 0.6 is 11.8 Å². The molecule has 1 saturated carbocycles. The molecule has 1 aliphatic rings. The Bertz CT molecular complexity index is 1110. The molecule has 8 nitrogen and oxygen atoms in total. The third kappa shape index (κ3) is 5.05. The Morgan fingerprint density at radius 2 is 1.97 bits per heavy atom. The van der Waals surface area contributed by atoms with Crippen molar-refractivity contribution in [2.24, 2.45) is 7.05 Å². The van der Waals surface area contributed by atoms with Crippen LogP contribution in [-0.2, 0) is 11.8 Å². The largest absolute Gasteiger partial charge is 0.496 e. The van der Waals surface area contributed by atoms with E-state index >= 15 is 0 Å². The number of ether oxygens (including phenoxy) is 1. The maximum Gasteiger partial charge on any atom is 0.251 e. The van der Waals surface area contributed by atoms with Crippen molar-refractivity contribution in [2.45, 2.75) is 24.0 Å². The fraction of sp³-hybridized carbons (Fsp3) is 0.273. The molecule has 0 bridgehead atoms. The Balaban J connectivity index is 1.37. The highest BCUT2D eigenvalue weighted by Gasteiger charge is 2.24. The third-order valence-electron chi connectivity index (χ3n) is 4.84. The van der Waals surface area contributed by atoms with E-state index in [4.69, 9.17) is 4.74 Å². The topological polar surface area (TPSA) is 98.1 Å². The van der Waals surface area contributed by atoms with Crippen LogP contribution in [0.3, 0.4) is 0 Å². The van der Waals surface area contributed by atoms with Gasteiger partial charge in [-0.2, -0.15) is 0 Å². The molecule has 4 rings (SSSR count). The molecule has 1 aromatic heterocycles. The Hall–Kier alpha value is -3.33. The van der Waals surface area contributed by atoms with Crippen LogP contribution in [0.15, 0.2) is 53.7 Å². The summed E-state index contributed by atoms with van der Waals surface area (Å²) >= 11 is 1.29. The predicted octanol–water partition coefficient (Wildman–Crippen LogP) is 3.11. The van der Waals surface area contributed by atoms with Crippen molar-refractivity contribution in [2.75, 3.05) is 18.2 Å². The van der Waals surface area contributed by atoms with Gasteiger partial charge >= 0.3 is 0 Å². The van der Waals surface area contributed by atoms with E-state index in [9.17, 15) is 9.59 Å². The smallest absolute Gasteiger partial charge is 0.251 e. The summed E-state index contributed by atoms with van der Waals surface area (Å²) in [6, 6.07) is 14.8. The van der Waals surface area contributed by atoms with Crippen LogP contribution in [0.4, 0.5) is 5.69 Å². The van der Waals surface area contributed by atoms with Crippen molar-refractivity contribution >= 4 is 29.3 Å². The van der Waals surface area contributed by atoms with Crippen LogP contribution in [0.5, 0.6) is 5.75 Å². The average Bonchev–Trinajstić information content (AvgIpc) is 3.52. The summed E-state index contributed by atoms with van der Waals surface area (Å²) in [7, 11) is 3.46. The summed E-state index contributed by atoms with van der Waals surface area (Å²) in [5, 5.41) is 14.9. The average molecular weight is 438 g/mol. The second kappa shape index (κ2) is 9.22. The number of aromatic nitrogens is 3. The lowest BCUT2D eigenvalue weighted by Gasteiger charge is -2.09. The van der Waals surface area contributed by atoms with Crippen molar-refractivity contribution in [1.82, 2.24) is 20.1 Å². The molecule has 0 unspecified atom stereocenters. The van der Waals surface area contributed by atoms with Gasteiger partial charge in [-0.3, -0.25) is 9.59 Å². The van der Waals surface area contributed by atoms with Crippen LogP contribution in [0.1, 0.15) is 23.2 Å². The van der Waals surface area contributed by atoms with E-state index in [1.165, 1.54) is 11.8 Å². The molecule has 0 spiro atoms. The molecular formula is C22H23N5O3S. The number of nitrogens with one attached hydrogen (secondary N) is 2. The number of nitrogens with zero attached hydrogens (tertiary/aromatic N) is 3. The summed E-state index contributed by atoms with van der Waals surface area (Å²) < 4.78 is 7.23. The van der Waals surface area contributed by atoms with E-state index in [1.54, 1.807) is 31.4 Å². The quantitative estimate of drug-likeness (QED) is 0.526. The molecule has 1 aliphatic carbocycles. The summed E-state index contributed by atoms with van der Waals surface area (Å²) in [6.07, 6.45) is 2.06. The first-order valence-corrected chi connectivity index (χ1v) is 10.9. The van der Waals surface area contributed by atoms with E-state index in [-0.39, 0.29) is 23.6 Å². The summed E-state index contributed by atoms with van der Waals surface area (Å²) in [5.74, 6) is 1.23. The number of anilines is 1. The van der Waals surface area contributed by atoms with Crippen LogP contribution in [-0.4, -0.2) is 45.5 Å². The lowest BCUT2D eigenvalue weighted by molar-refractivity contribution is -0.113. The minimum absolute atomic E-state index is 0.115. The highest BCUT2D eigenvalue weighted by Crippen LogP contribution is 2.30. The summed E-state index contributed by atoms with van der Waals surface area (Å²) in [4.78, 5) is 24.6. The van der Waals surface area contributed by atoms with Crippen molar-refractivity contribution < 1.29 is 14.3 Å². The zero-order valence-electron chi connectivity index (χ0n) is 17.3. The van der Waals surface area contributed by atoms with Crippen molar-refractivity contribution in [3.05, 3.63) is 54.1 Å². The number of hydrogen-bond donors (Lipinski definition) is 2. The second-order valence-electron chi connectivity index (χ2n) is 7.23. The van der Waals surface area contributed by atoms with E-state index in [0.717, 1.165) is 18.4 Å². The van der Waals surface area contributed by atoms with Crippen LogP contribution < -0.4 is 15.4 Å². The van der Waals surface area contributed by atoms with E-state index < -0.39 is 0 Å². The summed E-state index contributed by atoms with van der Waals surface area (Å²) in [5.41, 5.74) is 1.95. The minimum Gasteiger partial charge on any atom is -0.496 e. The van der Waals surface area contributed by atoms with Gasteiger partial charge in [-0.15, -0.1) is 10.2 Å². The van der Waals surface area contributed by atoms with Gasteiger partial charge in [0.05, 0.1) is 18.4 Å². The van der Waals surface area contributed by atoms with Gasteiger partial charge in [0.15, 0.2) is 11.0 Å². The summed E-state index contributed by atoms with van der Waals surface area (Å²) in [6.45, 7) is 0. The molecule has 1 heterocycles. The van der Waals surface area contributed by atoms with Gasteiger partial charge in [-0.05, 0) is 43.2 Å². The molecule has 31 heavy (non-hydrogen) atoms. The van der Waals surface area contributed by atoms with Gasteiger partial charge < -0.3 is 19.9 Å². The maximum atomic E-state index is 12.4. The third-order valence-corrected chi connectivity index (χ3v) is 5.86. The number of benzene rings is 2. The molecule has 2 aromatic carbocycles. The Labute approximate surface area is 184 Å². The Kier molecular flexibility index (Phi) is 6.22. The fourth-order valence-electron chi connectivity index (χ4n) is 3.07. The SMILES string of the molecule is COc1ccccc1-c1nnc(SCC(=O)Nc2cccc(C(=O)NC3CC3)c2)n1C. The van der Waals surface area contributed by atoms with Gasteiger partial charge in [-0.25, -0.2) is 0 Å². The first-order chi connectivity index (χ1) is 15.0. The maximum absolute atomic E-state index is 12.4. The molecule has 0 radical (unpaired) electrons. The number of rotatable bonds is 8. The van der Waals surface area contributed by atoms with E-state index in [0.29, 0.717) is 28.0 Å². The number of carbonyl (C=O) groups is 2. The first kappa shape index (κ1) is 20.9. The lowest BCUT2D eigenvalue weighted by atomic mass is 10.2. The van der Waals surface area contributed by atoms with Gasteiger partial charge in [0.2, 0.25) is 5.91 Å². The number of thioether (sulfide) groups is 1. The molecule has 0 saturated heterocycles. The molecule has 9 heteroatoms. The molecule has 2 N–H and O–H groups in total. The first-order valence-electron chi connectivity index (χ1n) is 9.91. The van der Waals surface area contributed by atoms with Gasteiger partial charge in [0.25, 0.3) is 5.91 Å². The number of methoxy groups -OCH3 is 1. The van der Waals surface area contributed by atoms with Crippen molar-refractivity contribution in [3.63, 3.8) is 0 Å². The highest BCUT2D eigenvalue weighted by molar-refractivity contribution is 7.99. The highest BCUT2D eigenvalue weighted by atomic mass is 32.2. The molecule has 0 atom stereocenters. The van der Waals surface area contributed by atoms with E-state index in [1.807, 2.05) is 35.9 Å². The lowest BCUT2D eigenvalue weighted by Crippen LogP contribution is -2.25. The number of amides is 2. The normalized spacial score (nSPS) is 13.0. The van der Waals surface area contributed by atoms with Crippen LogP contribution in [0.2, 0.25) is 0 Å². The van der Waals surface area contributed by atoms with E-state index in [2.05, 4.69) is 20.8 Å². The van der Waals surface area contributed by atoms with Crippen molar-refractivity contribution in [3.8, 4) is 17.1 Å².